The summed E-state index contributed by atoms with van der Waals surface area (Å²) in [5.74, 6) is -0.167. The second-order valence-electron chi connectivity index (χ2n) is 6.48. The normalized spacial score (nSPS) is 35.5. The lowest BCUT2D eigenvalue weighted by molar-refractivity contribution is -0.916. The molecule has 1 unspecified atom stereocenters. The average molecular weight is 240 g/mol. The molecule has 2 aliphatic heterocycles. The van der Waals surface area contributed by atoms with Crippen LogP contribution in [-0.2, 0) is 9.47 Å². The molecule has 0 N–H and O–H groups in total. The second-order valence-corrected chi connectivity index (χ2v) is 6.48. The molecule has 3 heteroatoms. The van der Waals surface area contributed by atoms with Crippen LogP contribution < -0.4 is 0 Å². The predicted molar refractivity (Wildman–Crippen MR) is 66.7 cm³/mol. The first kappa shape index (κ1) is 11.9. The number of ether oxygens (including phenoxy) is 2. The first-order valence-corrected chi connectivity index (χ1v) is 7.35. The molecule has 1 atom stereocenters. The summed E-state index contributed by atoms with van der Waals surface area (Å²) in [7, 11) is 2.39. The van der Waals surface area contributed by atoms with Crippen LogP contribution in [0.25, 0.3) is 0 Å². The van der Waals surface area contributed by atoms with Crippen molar-refractivity contribution in [2.75, 3.05) is 33.3 Å². The fourth-order valence-corrected chi connectivity index (χ4v) is 3.83. The molecule has 0 bridgehead atoms. The summed E-state index contributed by atoms with van der Waals surface area (Å²) in [6.07, 6.45) is 9.32. The Balaban J connectivity index is 1.56. The summed E-state index contributed by atoms with van der Waals surface area (Å²) in [5.41, 5.74) is 0. The van der Waals surface area contributed by atoms with Crippen molar-refractivity contribution in [1.29, 1.82) is 0 Å². The van der Waals surface area contributed by atoms with E-state index in [0.29, 0.717) is 6.10 Å². The fraction of sp³-hybridized carbons (Fsp3) is 1.00. The van der Waals surface area contributed by atoms with Gasteiger partial charge in [-0.05, 0) is 32.1 Å². The highest BCUT2D eigenvalue weighted by Crippen LogP contribution is 2.39. The molecule has 1 spiro atoms. The third kappa shape index (κ3) is 2.51. The standard InChI is InChI=1S/C14H26NO2/c1-15(9-5-2-6-10-15)11-13-12-16-14(17-13)7-3-4-8-14/h13H,2-12H2,1H3/q+1. The van der Waals surface area contributed by atoms with Crippen LogP contribution in [0.1, 0.15) is 44.9 Å². The predicted octanol–water partition coefficient (Wildman–Crippen LogP) is 2.30. The lowest BCUT2D eigenvalue weighted by atomic mass is 10.1. The van der Waals surface area contributed by atoms with Gasteiger partial charge in [-0.25, -0.2) is 0 Å². The van der Waals surface area contributed by atoms with E-state index >= 15 is 0 Å². The van der Waals surface area contributed by atoms with E-state index in [1.54, 1.807) is 0 Å². The minimum atomic E-state index is -0.167. The average Bonchev–Trinajstić information content (AvgIpc) is 2.91. The van der Waals surface area contributed by atoms with Crippen LogP contribution in [0.5, 0.6) is 0 Å². The highest BCUT2D eigenvalue weighted by Gasteiger charge is 2.45. The Morgan fingerprint density at radius 2 is 1.76 bits per heavy atom. The Morgan fingerprint density at radius 1 is 1.06 bits per heavy atom. The molecule has 1 aliphatic carbocycles. The largest absolute Gasteiger partial charge is 0.347 e. The molecule has 0 aromatic carbocycles. The summed E-state index contributed by atoms with van der Waals surface area (Å²) in [5, 5.41) is 0. The maximum Gasteiger partial charge on any atom is 0.169 e. The van der Waals surface area contributed by atoms with E-state index in [2.05, 4.69) is 7.05 Å². The van der Waals surface area contributed by atoms with Crippen molar-refractivity contribution in [3.05, 3.63) is 0 Å². The van der Waals surface area contributed by atoms with Crippen LogP contribution in [-0.4, -0.2) is 49.7 Å². The zero-order valence-corrected chi connectivity index (χ0v) is 11.1. The maximum absolute atomic E-state index is 6.24. The number of likely N-dealkylation sites (tertiary alicyclic amines) is 1. The number of quaternary nitrogens is 1. The van der Waals surface area contributed by atoms with Crippen LogP contribution in [0, 0.1) is 0 Å². The van der Waals surface area contributed by atoms with Crippen molar-refractivity contribution in [3.8, 4) is 0 Å². The quantitative estimate of drug-likeness (QED) is 0.690. The third-order valence-electron chi connectivity index (χ3n) is 4.82. The van der Waals surface area contributed by atoms with Crippen molar-refractivity contribution in [3.63, 3.8) is 0 Å². The number of nitrogens with zero attached hydrogens (tertiary/aromatic N) is 1. The topological polar surface area (TPSA) is 18.5 Å². The van der Waals surface area contributed by atoms with Gasteiger partial charge in [-0.1, -0.05) is 0 Å². The Labute approximate surface area is 105 Å². The monoisotopic (exact) mass is 240 g/mol. The van der Waals surface area contributed by atoms with Gasteiger partial charge in [0.25, 0.3) is 0 Å². The number of hydrogen-bond donors (Lipinski definition) is 0. The van der Waals surface area contributed by atoms with Gasteiger partial charge in [-0.3, -0.25) is 0 Å². The van der Waals surface area contributed by atoms with Crippen LogP contribution in [0.15, 0.2) is 0 Å². The van der Waals surface area contributed by atoms with Gasteiger partial charge in [0.05, 0.1) is 26.7 Å². The summed E-state index contributed by atoms with van der Waals surface area (Å²) in [6, 6.07) is 0. The smallest absolute Gasteiger partial charge is 0.169 e. The molecule has 2 saturated heterocycles. The lowest BCUT2D eigenvalue weighted by Gasteiger charge is -2.39. The Morgan fingerprint density at radius 3 is 2.47 bits per heavy atom. The zero-order valence-electron chi connectivity index (χ0n) is 11.1. The van der Waals surface area contributed by atoms with Gasteiger partial charge in [0, 0.05) is 12.8 Å². The molecule has 0 aromatic heterocycles. The molecular weight excluding hydrogens is 214 g/mol. The second kappa shape index (κ2) is 4.52. The SMILES string of the molecule is C[N+]1(CC2COC3(CCCC3)O2)CCCCC1. The molecule has 0 radical (unpaired) electrons. The van der Waals surface area contributed by atoms with Gasteiger partial charge in [0.15, 0.2) is 5.79 Å². The summed E-state index contributed by atoms with van der Waals surface area (Å²) in [4.78, 5) is 0. The van der Waals surface area contributed by atoms with Gasteiger partial charge in [-0.2, -0.15) is 0 Å². The molecule has 3 fully saturated rings. The van der Waals surface area contributed by atoms with E-state index in [9.17, 15) is 0 Å². The molecule has 3 nitrogen and oxygen atoms in total. The summed E-state index contributed by atoms with van der Waals surface area (Å²) in [6.45, 7) is 4.63. The fourth-order valence-electron chi connectivity index (χ4n) is 3.83. The molecule has 3 aliphatic rings. The van der Waals surface area contributed by atoms with E-state index in [1.807, 2.05) is 0 Å². The summed E-state index contributed by atoms with van der Waals surface area (Å²) < 4.78 is 13.4. The highest BCUT2D eigenvalue weighted by molar-refractivity contribution is 4.84. The van der Waals surface area contributed by atoms with Gasteiger partial charge in [0.1, 0.15) is 12.6 Å². The van der Waals surface area contributed by atoms with E-state index < -0.39 is 0 Å². The maximum atomic E-state index is 6.24. The van der Waals surface area contributed by atoms with E-state index in [-0.39, 0.29) is 5.79 Å². The van der Waals surface area contributed by atoms with Crippen LogP contribution in [0.3, 0.4) is 0 Å². The lowest BCUT2D eigenvalue weighted by Crippen LogP contribution is -2.52. The molecule has 1 saturated carbocycles. The number of likely N-dealkylation sites (N-methyl/N-ethyl adjacent to an activating group) is 1. The molecular formula is C14H26NO2+. The third-order valence-corrected chi connectivity index (χ3v) is 4.82. The van der Waals surface area contributed by atoms with Gasteiger partial charge in [0.2, 0.25) is 0 Å². The van der Waals surface area contributed by atoms with Crippen molar-refractivity contribution < 1.29 is 14.0 Å². The van der Waals surface area contributed by atoms with Gasteiger partial charge < -0.3 is 14.0 Å². The van der Waals surface area contributed by atoms with E-state index in [4.69, 9.17) is 9.47 Å². The van der Waals surface area contributed by atoms with Crippen LogP contribution >= 0.6 is 0 Å². The van der Waals surface area contributed by atoms with Gasteiger partial charge in [-0.15, -0.1) is 0 Å². The summed E-state index contributed by atoms with van der Waals surface area (Å²) >= 11 is 0. The first-order chi connectivity index (χ1) is 8.20. The molecule has 3 rings (SSSR count). The molecule has 0 amide bonds. The van der Waals surface area contributed by atoms with E-state index in [0.717, 1.165) is 26.0 Å². The molecule has 2 heterocycles. The molecule has 0 aromatic rings. The Hall–Kier alpha value is -0.120. The minimum absolute atomic E-state index is 0.167. The first-order valence-electron chi connectivity index (χ1n) is 7.35. The number of piperidine rings is 1. The molecule has 17 heavy (non-hydrogen) atoms. The van der Waals surface area contributed by atoms with Crippen molar-refractivity contribution in [1.82, 2.24) is 0 Å². The number of hydrogen-bond acceptors (Lipinski definition) is 2. The highest BCUT2D eigenvalue weighted by atomic mass is 16.7. The van der Waals surface area contributed by atoms with Crippen molar-refractivity contribution in [2.45, 2.75) is 56.8 Å². The van der Waals surface area contributed by atoms with Crippen LogP contribution in [0.2, 0.25) is 0 Å². The van der Waals surface area contributed by atoms with Crippen LogP contribution in [0.4, 0.5) is 0 Å². The van der Waals surface area contributed by atoms with Gasteiger partial charge >= 0.3 is 0 Å². The Bertz CT molecular complexity index is 267. The van der Waals surface area contributed by atoms with Crippen molar-refractivity contribution in [2.24, 2.45) is 0 Å². The minimum Gasteiger partial charge on any atom is -0.347 e. The zero-order chi connectivity index (χ0) is 11.8. The Kier molecular flexibility index (Phi) is 3.18. The number of rotatable bonds is 2. The molecule has 98 valence electrons. The van der Waals surface area contributed by atoms with E-state index in [1.165, 1.54) is 49.7 Å². The van der Waals surface area contributed by atoms with Crippen molar-refractivity contribution >= 4 is 0 Å².